The van der Waals surface area contributed by atoms with E-state index in [0.29, 0.717) is 22.3 Å². The highest BCUT2D eigenvalue weighted by Gasteiger charge is 2.09. The molecule has 8 heteroatoms. The number of benzene rings is 1. The molecule has 0 spiro atoms. The van der Waals surface area contributed by atoms with Crippen molar-refractivity contribution in [2.24, 2.45) is 5.73 Å². The third kappa shape index (κ3) is 4.19. The maximum atomic E-state index is 11.3. The molecule has 0 aliphatic carbocycles. The Balaban J connectivity index is 2.27. The molecule has 5 nitrogen and oxygen atoms in total. The topological polar surface area (TPSA) is 85.1 Å². The van der Waals surface area contributed by atoms with E-state index in [-0.39, 0.29) is 10.6 Å². The fraction of sp³-hybridized carbons (Fsp3) is 0.143. The van der Waals surface area contributed by atoms with Gasteiger partial charge in [-0.25, -0.2) is 4.98 Å². The number of aromatic nitrogens is 1. The molecular weight excluding hydrogens is 345 g/mol. The largest absolute Gasteiger partial charge is 0.366 e. The zero-order valence-electron chi connectivity index (χ0n) is 11.6. The molecule has 0 aliphatic rings. The Morgan fingerprint density at radius 3 is 2.64 bits per heavy atom. The molecule has 2 rings (SSSR count). The van der Waals surface area contributed by atoms with Crippen molar-refractivity contribution in [2.75, 3.05) is 11.6 Å². The molecule has 0 bridgehead atoms. The van der Waals surface area contributed by atoms with Crippen LogP contribution in [0.1, 0.15) is 15.9 Å². The first-order valence-corrected chi connectivity index (χ1v) is 8.66. The van der Waals surface area contributed by atoms with Gasteiger partial charge in [0.15, 0.2) is 0 Å². The minimum Gasteiger partial charge on any atom is -0.366 e. The summed E-state index contributed by atoms with van der Waals surface area (Å²) >= 11 is 12.1. The van der Waals surface area contributed by atoms with E-state index in [1.165, 1.54) is 12.3 Å². The lowest BCUT2D eigenvalue weighted by Crippen LogP contribution is -2.11. The second-order valence-corrected chi connectivity index (χ2v) is 6.82. The number of hydrogen-bond acceptors (Lipinski definition) is 4. The van der Waals surface area contributed by atoms with E-state index in [1.807, 2.05) is 0 Å². The number of carbonyl (C=O) groups excluding carboxylic acids is 1. The molecule has 1 atom stereocenters. The Kier molecular flexibility index (Phi) is 5.39. The molecule has 0 aliphatic heterocycles. The van der Waals surface area contributed by atoms with Gasteiger partial charge in [0.25, 0.3) is 0 Å². The smallest absolute Gasteiger partial charge is 0.250 e. The summed E-state index contributed by atoms with van der Waals surface area (Å²) in [6.45, 7) is 0. The van der Waals surface area contributed by atoms with Crippen LogP contribution in [0.5, 0.6) is 0 Å². The second-order valence-electron chi connectivity index (χ2n) is 4.57. The molecule has 0 radical (unpaired) electrons. The summed E-state index contributed by atoms with van der Waals surface area (Å²) in [5, 5.41) is 3.84. The number of primary amides is 1. The molecule has 3 N–H and O–H groups in total. The number of rotatable bonds is 5. The lowest BCUT2D eigenvalue weighted by atomic mass is 10.2. The van der Waals surface area contributed by atoms with Crippen molar-refractivity contribution in [3.63, 3.8) is 0 Å². The van der Waals surface area contributed by atoms with E-state index in [4.69, 9.17) is 28.9 Å². The van der Waals surface area contributed by atoms with Crippen molar-refractivity contribution in [1.29, 1.82) is 0 Å². The van der Waals surface area contributed by atoms with Gasteiger partial charge in [0.1, 0.15) is 5.82 Å². The number of nitrogens with two attached hydrogens (primary N) is 1. The van der Waals surface area contributed by atoms with E-state index < -0.39 is 16.7 Å². The lowest BCUT2D eigenvalue weighted by molar-refractivity contribution is 0.1000. The van der Waals surface area contributed by atoms with Crippen LogP contribution >= 0.6 is 23.2 Å². The third-order valence-electron chi connectivity index (χ3n) is 2.79. The molecule has 0 fully saturated rings. The summed E-state index contributed by atoms with van der Waals surface area (Å²) in [5.74, 6) is 0.147. The number of halogens is 2. The number of anilines is 2. The normalized spacial score (nSPS) is 12.0. The Morgan fingerprint density at radius 2 is 2.05 bits per heavy atom. The summed E-state index contributed by atoms with van der Waals surface area (Å²) in [4.78, 5) is 15.1. The number of amides is 1. The van der Waals surface area contributed by atoms with Crippen molar-refractivity contribution < 1.29 is 9.00 Å². The minimum atomic E-state index is -1.000. The minimum absolute atomic E-state index is 0.230. The summed E-state index contributed by atoms with van der Waals surface area (Å²) in [7, 11) is -1.000. The molecule has 0 saturated heterocycles. The van der Waals surface area contributed by atoms with E-state index in [9.17, 15) is 9.00 Å². The zero-order valence-corrected chi connectivity index (χ0v) is 13.9. The van der Waals surface area contributed by atoms with E-state index in [1.54, 1.807) is 24.5 Å². The van der Waals surface area contributed by atoms with Gasteiger partial charge in [-0.3, -0.25) is 9.00 Å². The Morgan fingerprint density at radius 1 is 1.32 bits per heavy atom. The zero-order chi connectivity index (χ0) is 16.3. The monoisotopic (exact) mass is 357 g/mol. The molecule has 22 heavy (non-hydrogen) atoms. The fourth-order valence-electron chi connectivity index (χ4n) is 1.78. The molecular formula is C14H13Cl2N3O2S. The van der Waals surface area contributed by atoms with Crippen LogP contribution in [-0.4, -0.2) is 21.4 Å². The van der Waals surface area contributed by atoms with Crippen LogP contribution in [-0.2, 0) is 16.6 Å². The van der Waals surface area contributed by atoms with Crippen molar-refractivity contribution in [2.45, 2.75) is 5.75 Å². The summed E-state index contributed by atoms with van der Waals surface area (Å²) in [5.41, 5.74) is 6.86. The first-order valence-electron chi connectivity index (χ1n) is 6.17. The average molecular weight is 358 g/mol. The van der Waals surface area contributed by atoms with Crippen LogP contribution in [0.3, 0.4) is 0 Å². The summed E-state index contributed by atoms with van der Waals surface area (Å²) < 4.78 is 11.3. The van der Waals surface area contributed by atoms with Crippen LogP contribution in [0.2, 0.25) is 10.0 Å². The molecule has 1 aromatic carbocycles. The number of carbonyl (C=O) groups is 1. The van der Waals surface area contributed by atoms with E-state index in [0.717, 1.165) is 5.56 Å². The Bertz CT molecular complexity index is 753. The highest BCUT2D eigenvalue weighted by molar-refractivity contribution is 7.83. The maximum absolute atomic E-state index is 11.3. The van der Waals surface area contributed by atoms with Gasteiger partial charge >= 0.3 is 0 Å². The quantitative estimate of drug-likeness (QED) is 0.860. The number of nitrogens with zero attached hydrogens (tertiary/aromatic N) is 1. The van der Waals surface area contributed by atoms with Gasteiger partial charge in [-0.1, -0.05) is 23.2 Å². The summed E-state index contributed by atoms with van der Waals surface area (Å²) in [6, 6.07) is 6.68. The fourth-order valence-corrected chi connectivity index (χ4v) is 2.94. The Hall–Kier alpha value is -1.63. The highest BCUT2D eigenvalue weighted by atomic mass is 35.5. The van der Waals surface area contributed by atoms with E-state index >= 15 is 0 Å². The van der Waals surface area contributed by atoms with Crippen LogP contribution in [0.4, 0.5) is 11.5 Å². The standard InChI is InChI=1S/C14H13Cl2N3O2S/c1-22(21)7-9-4-10(2-3-11(9)15)19-14-12(16)5-8(6-18-14)13(17)20/h2-6H,7H2,1H3,(H2,17,20)(H,18,19). The highest BCUT2D eigenvalue weighted by Crippen LogP contribution is 2.27. The van der Waals surface area contributed by atoms with Crippen LogP contribution in [0.25, 0.3) is 0 Å². The van der Waals surface area contributed by atoms with Gasteiger partial charge in [-0.2, -0.15) is 0 Å². The molecule has 1 amide bonds. The summed E-state index contributed by atoms with van der Waals surface area (Å²) in [6.07, 6.45) is 2.95. The molecule has 0 saturated carbocycles. The molecule has 1 unspecified atom stereocenters. The molecule has 116 valence electrons. The van der Waals surface area contributed by atoms with E-state index in [2.05, 4.69) is 10.3 Å². The van der Waals surface area contributed by atoms with Crippen molar-refractivity contribution >= 4 is 51.4 Å². The predicted octanol–water partition coefficient (Wildman–Crippen LogP) is 3.11. The molecule has 1 aromatic heterocycles. The van der Waals surface area contributed by atoms with Gasteiger partial charge < -0.3 is 11.1 Å². The van der Waals surface area contributed by atoms with Crippen molar-refractivity contribution in [1.82, 2.24) is 4.98 Å². The van der Waals surface area contributed by atoms with Gasteiger partial charge in [0, 0.05) is 39.7 Å². The van der Waals surface area contributed by atoms with Crippen molar-refractivity contribution in [3.8, 4) is 0 Å². The lowest BCUT2D eigenvalue weighted by Gasteiger charge is -2.10. The van der Waals surface area contributed by atoms with Gasteiger partial charge in [0.2, 0.25) is 5.91 Å². The molecule has 1 heterocycles. The first-order chi connectivity index (χ1) is 10.4. The second kappa shape index (κ2) is 7.09. The average Bonchev–Trinajstić information content (AvgIpc) is 2.44. The van der Waals surface area contributed by atoms with Crippen LogP contribution < -0.4 is 11.1 Å². The third-order valence-corrected chi connectivity index (χ3v) is 4.17. The number of hydrogen-bond donors (Lipinski definition) is 2. The van der Waals surface area contributed by atoms with Gasteiger partial charge in [-0.15, -0.1) is 0 Å². The SMILES string of the molecule is CS(=O)Cc1cc(Nc2ncc(C(N)=O)cc2Cl)ccc1Cl. The maximum Gasteiger partial charge on any atom is 0.250 e. The van der Waals surface area contributed by atoms with Gasteiger partial charge in [-0.05, 0) is 29.8 Å². The van der Waals surface area contributed by atoms with Crippen LogP contribution in [0.15, 0.2) is 30.5 Å². The molecule has 2 aromatic rings. The van der Waals surface area contributed by atoms with Gasteiger partial charge in [0.05, 0.1) is 10.6 Å². The number of nitrogens with one attached hydrogen (secondary N) is 1. The predicted molar refractivity (Wildman–Crippen MR) is 90.3 cm³/mol. The Labute approximate surface area is 140 Å². The number of pyridine rings is 1. The van der Waals surface area contributed by atoms with Crippen LogP contribution in [0, 0.1) is 0 Å². The first kappa shape index (κ1) is 16.7. The van der Waals surface area contributed by atoms with Crippen molar-refractivity contribution in [3.05, 3.63) is 51.6 Å².